The lowest BCUT2D eigenvalue weighted by Crippen LogP contribution is -2.47. The number of carbonyl (C=O) groups is 4. The van der Waals surface area contributed by atoms with Crippen LogP contribution in [0, 0.1) is 11.3 Å². The predicted molar refractivity (Wildman–Crippen MR) is 107 cm³/mol. The van der Waals surface area contributed by atoms with Gasteiger partial charge in [-0.3, -0.25) is 14.4 Å². The van der Waals surface area contributed by atoms with Crippen LogP contribution in [0.2, 0.25) is 0 Å². The summed E-state index contributed by atoms with van der Waals surface area (Å²) in [6.07, 6.45) is 1.97. The van der Waals surface area contributed by atoms with Gasteiger partial charge in [-0.15, -0.1) is 0 Å². The van der Waals surface area contributed by atoms with Crippen LogP contribution in [0.1, 0.15) is 53.9 Å². The highest BCUT2D eigenvalue weighted by atomic mass is 16.7. The minimum atomic E-state index is -1.91. The summed E-state index contributed by atoms with van der Waals surface area (Å²) in [5.41, 5.74) is -1.91. The molecule has 0 saturated carbocycles. The quantitative estimate of drug-likeness (QED) is 0.304. The Bertz CT molecular complexity index is 775. The third-order valence-electron chi connectivity index (χ3n) is 5.21. The molecule has 0 fully saturated rings. The number of hydrogen-bond acceptors (Lipinski definition) is 9. The van der Waals surface area contributed by atoms with E-state index in [4.69, 9.17) is 23.7 Å². The average Bonchev–Trinajstić information content (AvgIpc) is 2.67. The molecule has 0 spiro atoms. The Hall–Kier alpha value is -2.84. The summed E-state index contributed by atoms with van der Waals surface area (Å²) in [6, 6.07) is 0. The third kappa shape index (κ3) is 5.65. The van der Waals surface area contributed by atoms with Gasteiger partial charge in [-0.2, -0.15) is 0 Å². The predicted octanol–water partition coefficient (Wildman–Crippen LogP) is 2.58. The van der Waals surface area contributed by atoms with Gasteiger partial charge in [0.15, 0.2) is 11.2 Å². The fourth-order valence-electron chi connectivity index (χ4n) is 3.24. The zero-order valence-corrected chi connectivity index (χ0v) is 18.6. The van der Waals surface area contributed by atoms with Crippen molar-refractivity contribution in [3.05, 3.63) is 23.7 Å². The van der Waals surface area contributed by atoms with Gasteiger partial charge in [-0.25, -0.2) is 4.79 Å². The van der Waals surface area contributed by atoms with Gasteiger partial charge in [0, 0.05) is 38.2 Å². The van der Waals surface area contributed by atoms with Crippen molar-refractivity contribution in [1.29, 1.82) is 0 Å². The molecule has 0 amide bonds. The molecule has 9 heteroatoms. The van der Waals surface area contributed by atoms with Crippen LogP contribution in [0.15, 0.2) is 23.7 Å². The molecular formula is C22H30O9. The molecule has 2 aliphatic heterocycles. The van der Waals surface area contributed by atoms with Gasteiger partial charge in [0.2, 0.25) is 0 Å². The molecule has 2 heterocycles. The molecule has 31 heavy (non-hydrogen) atoms. The average molecular weight is 438 g/mol. The molecular weight excluding hydrogens is 408 g/mol. The topological polar surface area (TPSA) is 114 Å². The zero-order valence-electron chi connectivity index (χ0n) is 18.6. The maximum absolute atomic E-state index is 13.1. The van der Waals surface area contributed by atoms with Crippen LogP contribution in [0.4, 0.5) is 0 Å². The molecule has 2 aliphatic rings. The Labute approximate surface area is 181 Å². The number of rotatable bonds is 9. The molecule has 0 radical (unpaired) electrons. The van der Waals surface area contributed by atoms with Crippen LogP contribution < -0.4 is 0 Å². The minimum absolute atomic E-state index is 0.0183. The molecule has 0 aromatic heterocycles. The van der Waals surface area contributed by atoms with Crippen molar-refractivity contribution in [1.82, 2.24) is 0 Å². The summed E-state index contributed by atoms with van der Waals surface area (Å²) in [6.45, 7) is 8.62. The molecule has 0 bridgehead atoms. The number of esters is 3. The van der Waals surface area contributed by atoms with Crippen LogP contribution in [-0.2, 0) is 42.9 Å². The Kier molecular flexibility index (Phi) is 7.86. The lowest BCUT2D eigenvalue weighted by molar-refractivity contribution is -0.233. The summed E-state index contributed by atoms with van der Waals surface area (Å²) in [5, 5.41) is 0. The second-order valence-electron chi connectivity index (χ2n) is 7.86. The fraction of sp³-hybridized carbons (Fsp3) is 0.636. The van der Waals surface area contributed by atoms with E-state index in [0.717, 1.165) is 6.08 Å². The molecule has 1 unspecified atom stereocenters. The van der Waals surface area contributed by atoms with Gasteiger partial charge >= 0.3 is 17.9 Å². The Morgan fingerprint density at radius 1 is 1.03 bits per heavy atom. The molecule has 1 atom stereocenters. The monoisotopic (exact) mass is 438 g/mol. The van der Waals surface area contributed by atoms with Crippen LogP contribution in [0.3, 0.4) is 0 Å². The maximum atomic E-state index is 13.1. The van der Waals surface area contributed by atoms with Gasteiger partial charge in [0.1, 0.15) is 11.5 Å². The van der Waals surface area contributed by atoms with E-state index in [0.29, 0.717) is 0 Å². The molecule has 172 valence electrons. The first-order valence-corrected chi connectivity index (χ1v) is 10.4. The maximum Gasteiger partial charge on any atom is 0.337 e. The summed E-state index contributed by atoms with van der Waals surface area (Å²) in [4.78, 5) is 50.3. The number of hydrogen-bond donors (Lipinski definition) is 0. The largest absolute Gasteiger partial charge is 0.497 e. The van der Waals surface area contributed by atoms with E-state index in [-0.39, 0.29) is 62.3 Å². The van der Waals surface area contributed by atoms with Crippen LogP contribution in [-0.4, -0.2) is 49.3 Å². The molecule has 0 aliphatic carbocycles. The SMILES string of the molecule is CCOC(=O)C(CC1=CC(=O)CCO1)(CC1=CC(=O)OC(C)(C(C)C)O1)C(=O)OCC. The standard InChI is InChI=1S/C22H30O9/c1-6-27-19(25)22(20(26)28-7-2,12-16-10-15(23)8-9-29-16)13-17-11-18(24)31-21(5,30-17)14(3)4/h10-11,14H,6-9,12-13H2,1-5H3. The van der Waals surface area contributed by atoms with Gasteiger partial charge in [-0.1, -0.05) is 13.8 Å². The van der Waals surface area contributed by atoms with Crippen LogP contribution >= 0.6 is 0 Å². The molecule has 0 aromatic carbocycles. The summed E-state index contributed by atoms with van der Waals surface area (Å²) < 4.78 is 27.1. The molecule has 9 nitrogen and oxygen atoms in total. The van der Waals surface area contributed by atoms with Crippen molar-refractivity contribution in [3.63, 3.8) is 0 Å². The van der Waals surface area contributed by atoms with Gasteiger partial charge < -0.3 is 23.7 Å². The van der Waals surface area contributed by atoms with E-state index in [1.807, 2.05) is 13.8 Å². The Balaban J connectivity index is 2.51. The molecule has 2 rings (SSSR count). The van der Waals surface area contributed by atoms with E-state index in [9.17, 15) is 19.2 Å². The normalized spacial score (nSPS) is 21.4. The van der Waals surface area contributed by atoms with Crippen molar-refractivity contribution in [3.8, 4) is 0 Å². The lowest BCUT2D eigenvalue weighted by atomic mass is 9.78. The van der Waals surface area contributed by atoms with Crippen LogP contribution in [0.25, 0.3) is 0 Å². The second-order valence-corrected chi connectivity index (χ2v) is 7.86. The lowest BCUT2D eigenvalue weighted by Gasteiger charge is -2.39. The van der Waals surface area contributed by atoms with Crippen molar-refractivity contribution in [2.24, 2.45) is 11.3 Å². The fourth-order valence-corrected chi connectivity index (χ4v) is 3.24. The number of carbonyl (C=O) groups excluding carboxylic acids is 4. The third-order valence-corrected chi connectivity index (χ3v) is 5.21. The van der Waals surface area contributed by atoms with E-state index < -0.39 is 29.1 Å². The highest BCUT2D eigenvalue weighted by molar-refractivity contribution is 6.01. The Morgan fingerprint density at radius 2 is 1.61 bits per heavy atom. The summed E-state index contributed by atoms with van der Waals surface area (Å²) >= 11 is 0. The first-order chi connectivity index (χ1) is 14.6. The van der Waals surface area contributed by atoms with E-state index in [2.05, 4.69) is 0 Å². The van der Waals surface area contributed by atoms with Gasteiger partial charge in [-0.05, 0) is 13.8 Å². The number of cyclic esters (lactones) is 1. The number of ether oxygens (including phenoxy) is 5. The Morgan fingerprint density at radius 3 is 2.13 bits per heavy atom. The van der Waals surface area contributed by atoms with Crippen molar-refractivity contribution in [2.45, 2.75) is 59.7 Å². The molecule has 0 aromatic rings. The van der Waals surface area contributed by atoms with Crippen molar-refractivity contribution < 1.29 is 42.9 Å². The van der Waals surface area contributed by atoms with E-state index >= 15 is 0 Å². The number of allylic oxidation sites excluding steroid dienone is 3. The minimum Gasteiger partial charge on any atom is -0.497 e. The summed E-state index contributed by atoms with van der Waals surface area (Å²) in [7, 11) is 0. The van der Waals surface area contributed by atoms with E-state index in [1.165, 1.54) is 6.08 Å². The van der Waals surface area contributed by atoms with Crippen molar-refractivity contribution in [2.75, 3.05) is 19.8 Å². The molecule has 0 saturated heterocycles. The highest BCUT2D eigenvalue weighted by Crippen LogP contribution is 2.41. The highest BCUT2D eigenvalue weighted by Gasteiger charge is 2.53. The molecule has 0 N–H and O–H groups in total. The second kappa shape index (κ2) is 9.98. The van der Waals surface area contributed by atoms with Gasteiger partial charge in [0.05, 0.1) is 25.9 Å². The first-order valence-electron chi connectivity index (χ1n) is 10.4. The van der Waals surface area contributed by atoms with Gasteiger partial charge in [0.25, 0.3) is 5.79 Å². The first kappa shape index (κ1) is 24.4. The van der Waals surface area contributed by atoms with E-state index in [1.54, 1.807) is 20.8 Å². The van der Waals surface area contributed by atoms with Crippen LogP contribution in [0.5, 0.6) is 0 Å². The zero-order chi connectivity index (χ0) is 23.2. The number of ketones is 1. The smallest absolute Gasteiger partial charge is 0.337 e. The summed E-state index contributed by atoms with van der Waals surface area (Å²) in [5.74, 6) is -3.76. The van der Waals surface area contributed by atoms with Crippen molar-refractivity contribution >= 4 is 23.7 Å².